The van der Waals surface area contributed by atoms with Gasteiger partial charge in [0.1, 0.15) is 0 Å². The van der Waals surface area contributed by atoms with Crippen LogP contribution in [0.15, 0.2) is 81.2 Å². The molecule has 3 aromatic carbocycles. The van der Waals surface area contributed by atoms with E-state index in [1.165, 1.54) is 44.5 Å². The first-order valence-electron chi connectivity index (χ1n) is 13.9. The minimum atomic E-state index is -2.59. The molecule has 0 N–H and O–H groups in total. The smallest absolute Gasteiger partial charge is 1.00 e. The second kappa shape index (κ2) is 12.0. The van der Waals surface area contributed by atoms with Crippen LogP contribution < -0.4 is 24.8 Å². The average molecular weight is 655 g/mol. The second-order valence-corrected chi connectivity index (χ2v) is 19.1. The van der Waals surface area contributed by atoms with Gasteiger partial charge in [0.2, 0.25) is 0 Å². The number of fused-ring (bicyclic) bond motifs is 3. The minimum Gasteiger partial charge on any atom is -1.00 e. The van der Waals surface area contributed by atoms with Crippen LogP contribution in [-0.2, 0) is 32.1 Å². The van der Waals surface area contributed by atoms with Gasteiger partial charge < -0.3 is 24.8 Å². The maximum atomic E-state index is 13.9. The van der Waals surface area contributed by atoms with Gasteiger partial charge in [0.25, 0.3) is 0 Å². The summed E-state index contributed by atoms with van der Waals surface area (Å²) in [5.74, 6) is 0.279. The summed E-state index contributed by atoms with van der Waals surface area (Å²) in [5.41, 5.74) is 12.8. The van der Waals surface area contributed by atoms with Gasteiger partial charge in [-0.15, -0.1) is 0 Å². The van der Waals surface area contributed by atoms with Crippen molar-refractivity contribution in [2.24, 2.45) is 5.92 Å². The molecule has 4 heteroatoms. The van der Waals surface area contributed by atoms with Crippen molar-refractivity contribution >= 4 is 3.71 Å². The zero-order valence-corrected chi connectivity index (χ0v) is 29.2. The fraction of sp³-hybridized carbons (Fsp3) is 0.361. The molecule has 0 nitrogen and oxygen atoms in total. The van der Waals surface area contributed by atoms with Gasteiger partial charge in [-0.2, -0.15) is 0 Å². The van der Waals surface area contributed by atoms with Gasteiger partial charge in [0.15, 0.2) is 0 Å². The third kappa shape index (κ3) is 6.11. The molecule has 210 valence electrons. The summed E-state index contributed by atoms with van der Waals surface area (Å²) in [5, 5.41) is 0. The molecule has 5 rings (SSSR count). The van der Waals surface area contributed by atoms with Crippen molar-refractivity contribution in [3.8, 4) is 11.1 Å². The van der Waals surface area contributed by atoms with E-state index in [1.54, 1.807) is 15.4 Å². The van der Waals surface area contributed by atoms with E-state index in [-0.39, 0.29) is 41.5 Å². The fourth-order valence-electron chi connectivity index (χ4n) is 6.20. The van der Waals surface area contributed by atoms with E-state index in [9.17, 15) is 4.39 Å². The van der Waals surface area contributed by atoms with Crippen LogP contribution in [-0.4, -0.2) is 3.71 Å². The molecule has 0 fully saturated rings. The van der Waals surface area contributed by atoms with Gasteiger partial charge in [-0.3, -0.25) is 0 Å². The molecule has 0 saturated heterocycles. The van der Waals surface area contributed by atoms with Crippen LogP contribution in [0, 0.1) is 11.7 Å². The molecule has 0 aromatic heterocycles. The zero-order valence-electron chi connectivity index (χ0n) is 25.2. The van der Waals surface area contributed by atoms with Gasteiger partial charge in [-0.1, -0.05) is 0 Å². The van der Waals surface area contributed by atoms with Crippen LogP contribution >= 0.6 is 0 Å². The summed E-state index contributed by atoms with van der Waals surface area (Å²) in [4.78, 5) is 0. The molecule has 2 aliphatic rings. The molecule has 0 saturated carbocycles. The molecule has 40 heavy (non-hydrogen) atoms. The van der Waals surface area contributed by atoms with Gasteiger partial charge in [-0.25, -0.2) is 0 Å². The van der Waals surface area contributed by atoms with E-state index in [0.717, 1.165) is 5.56 Å². The molecule has 0 radical (unpaired) electrons. The van der Waals surface area contributed by atoms with Crippen LogP contribution in [0.3, 0.4) is 0 Å². The molecule has 0 heterocycles. The van der Waals surface area contributed by atoms with Crippen LogP contribution in [0.1, 0.15) is 93.8 Å². The Balaban J connectivity index is 0.00000220. The Kier molecular flexibility index (Phi) is 9.83. The SMILES string of the molecule is CC1=CC(C)[C](/[Zr+2](=[CH]\c2ccc(F)cc2)[CH]2c3cc(C(C)(C)C)ccc3-c3ccc(C(C)(C)C)cc32)=C1C.[Cl-].[Cl-]. The number of benzene rings is 3. The van der Waals surface area contributed by atoms with Gasteiger partial charge in [0, 0.05) is 0 Å². The van der Waals surface area contributed by atoms with Crippen molar-refractivity contribution < 1.29 is 50.5 Å². The van der Waals surface area contributed by atoms with Crippen LogP contribution in [0.2, 0.25) is 0 Å². The molecule has 0 bridgehead atoms. The Morgan fingerprint density at radius 1 is 0.725 bits per heavy atom. The molecule has 0 spiro atoms. The molecule has 1 unspecified atom stereocenters. The molecule has 2 aliphatic carbocycles. The molecule has 3 aromatic rings. The predicted octanol–water partition coefficient (Wildman–Crippen LogP) is 3.84. The van der Waals surface area contributed by atoms with E-state index < -0.39 is 21.3 Å². The second-order valence-electron chi connectivity index (χ2n) is 13.4. The van der Waals surface area contributed by atoms with Crippen molar-refractivity contribution in [1.29, 1.82) is 0 Å². The third-order valence-electron chi connectivity index (χ3n) is 8.51. The first-order chi connectivity index (χ1) is 17.8. The first-order valence-corrected chi connectivity index (χ1v) is 18.0. The van der Waals surface area contributed by atoms with Crippen LogP contribution in [0.25, 0.3) is 11.1 Å². The zero-order chi connectivity index (χ0) is 27.6. The normalized spacial score (nSPS) is 16.8. The van der Waals surface area contributed by atoms with Crippen molar-refractivity contribution in [3.05, 3.63) is 115 Å². The Morgan fingerprint density at radius 3 is 1.60 bits per heavy atom. The first kappa shape index (κ1) is 32.9. The molecule has 0 amide bonds. The van der Waals surface area contributed by atoms with Crippen molar-refractivity contribution in [3.63, 3.8) is 0 Å². The number of hydrogen-bond acceptors (Lipinski definition) is 0. The Hall–Kier alpha value is -1.60. The number of hydrogen-bond donors (Lipinski definition) is 0. The largest absolute Gasteiger partial charge is 1.00 e. The molecular weight excluding hydrogens is 614 g/mol. The number of allylic oxidation sites excluding steroid dienone is 4. The van der Waals surface area contributed by atoms with Crippen molar-refractivity contribution in [2.75, 3.05) is 0 Å². The average Bonchev–Trinajstić information content (AvgIpc) is 3.29. The Morgan fingerprint density at radius 2 is 1.20 bits per heavy atom. The van der Waals surface area contributed by atoms with Crippen LogP contribution in [0.5, 0.6) is 0 Å². The summed E-state index contributed by atoms with van der Waals surface area (Å²) in [6, 6.07) is 21.6. The summed E-state index contributed by atoms with van der Waals surface area (Å²) >= 11 is -2.59. The topological polar surface area (TPSA) is 0 Å². The van der Waals surface area contributed by atoms with E-state index in [0.29, 0.717) is 9.54 Å². The summed E-state index contributed by atoms with van der Waals surface area (Å²) < 4.78 is 18.6. The van der Waals surface area contributed by atoms with E-state index in [4.69, 9.17) is 0 Å². The van der Waals surface area contributed by atoms with Gasteiger partial charge >= 0.3 is 238 Å². The number of halogens is 3. The Bertz CT molecular complexity index is 1450. The van der Waals surface area contributed by atoms with Crippen molar-refractivity contribution in [1.82, 2.24) is 0 Å². The number of rotatable bonds is 3. The standard InChI is InChI=1S/C21H25.C8H11.C7H5F.2ClH.Zr/c1-20(2,3)16-7-9-18-14(12-16)11-15-13-17(21(4,5)6)8-10-19(15)18;1-6-4-7(2)8(3)5-6;1-6-2-4-7(8)5-3-6;;;/h7-13H,1-6H3;4,6H,1-3H3;1-5H;2*1H;/q;;;;;+2/p-2. The van der Waals surface area contributed by atoms with Gasteiger partial charge in [0.05, 0.1) is 0 Å². The predicted molar refractivity (Wildman–Crippen MR) is 158 cm³/mol. The van der Waals surface area contributed by atoms with E-state index in [1.807, 2.05) is 12.1 Å². The molecule has 0 aliphatic heterocycles. The van der Waals surface area contributed by atoms with Crippen LogP contribution in [0.4, 0.5) is 4.39 Å². The Labute approximate surface area is 261 Å². The monoisotopic (exact) mass is 652 g/mol. The third-order valence-corrected chi connectivity index (χ3v) is 16.7. The minimum absolute atomic E-state index is 0. The quantitative estimate of drug-likeness (QED) is 0.403. The van der Waals surface area contributed by atoms with Crippen molar-refractivity contribution in [2.45, 2.75) is 76.8 Å². The fourth-order valence-corrected chi connectivity index (χ4v) is 15.0. The summed E-state index contributed by atoms with van der Waals surface area (Å²) in [7, 11) is 0. The summed E-state index contributed by atoms with van der Waals surface area (Å²) in [6.07, 6.45) is 2.46. The van der Waals surface area contributed by atoms with Gasteiger partial charge in [-0.05, 0) is 0 Å². The van der Waals surface area contributed by atoms with E-state index >= 15 is 0 Å². The summed E-state index contributed by atoms with van der Waals surface area (Å²) in [6.45, 7) is 20.8. The molecule has 1 atom stereocenters. The molecular formula is C36H41Cl2FZr. The maximum Gasteiger partial charge on any atom is -1.00 e. The maximum absolute atomic E-state index is 13.9. The van der Waals surface area contributed by atoms with E-state index in [2.05, 4.69) is 108 Å².